The third-order valence-corrected chi connectivity index (χ3v) is 2.92. The van der Waals surface area contributed by atoms with E-state index in [0.717, 1.165) is 5.56 Å². The second-order valence-electron chi connectivity index (χ2n) is 4.54. The van der Waals surface area contributed by atoms with Gasteiger partial charge in [-0.15, -0.1) is 0 Å². The van der Waals surface area contributed by atoms with Crippen LogP contribution >= 0.6 is 11.6 Å². The molecule has 6 heteroatoms. The van der Waals surface area contributed by atoms with E-state index in [1.165, 1.54) is 12.1 Å². The van der Waals surface area contributed by atoms with Crippen LogP contribution in [0.2, 0.25) is 5.15 Å². The molecule has 0 atom stereocenters. The SMILES string of the molecule is CC(C)c1ccccc1Oc1cc([N+](=O)[O-])cc(Cl)n1. The number of para-hydroxylation sites is 1. The number of hydrogen-bond donors (Lipinski definition) is 0. The molecule has 0 saturated heterocycles. The first-order chi connectivity index (χ1) is 9.47. The monoisotopic (exact) mass is 292 g/mol. The summed E-state index contributed by atoms with van der Waals surface area (Å²) in [5.41, 5.74) is 0.846. The van der Waals surface area contributed by atoms with Crippen LogP contribution in [-0.2, 0) is 0 Å². The maximum Gasteiger partial charge on any atom is 0.277 e. The van der Waals surface area contributed by atoms with Crippen LogP contribution in [0.3, 0.4) is 0 Å². The van der Waals surface area contributed by atoms with Crippen molar-refractivity contribution < 1.29 is 9.66 Å². The minimum atomic E-state index is -0.533. The molecule has 20 heavy (non-hydrogen) atoms. The molecule has 2 rings (SSSR count). The van der Waals surface area contributed by atoms with Crippen molar-refractivity contribution in [1.29, 1.82) is 0 Å². The summed E-state index contributed by atoms with van der Waals surface area (Å²) in [4.78, 5) is 14.2. The van der Waals surface area contributed by atoms with Crippen molar-refractivity contribution in [3.63, 3.8) is 0 Å². The molecule has 2 aromatic rings. The largest absolute Gasteiger partial charge is 0.438 e. The fourth-order valence-electron chi connectivity index (χ4n) is 1.78. The highest BCUT2D eigenvalue weighted by Crippen LogP contribution is 2.31. The Morgan fingerprint density at radius 1 is 1.30 bits per heavy atom. The quantitative estimate of drug-likeness (QED) is 0.471. The molecular formula is C14H13ClN2O3. The molecule has 1 aromatic carbocycles. The first-order valence-electron chi connectivity index (χ1n) is 6.06. The van der Waals surface area contributed by atoms with Crippen LogP contribution in [0.4, 0.5) is 5.69 Å². The molecule has 0 unspecified atom stereocenters. The minimum Gasteiger partial charge on any atom is -0.438 e. The molecule has 0 N–H and O–H groups in total. The van der Waals surface area contributed by atoms with Crippen molar-refractivity contribution >= 4 is 17.3 Å². The third-order valence-electron chi connectivity index (χ3n) is 2.72. The van der Waals surface area contributed by atoms with Crippen LogP contribution in [-0.4, -0.2) is 9.91 Å². The van der Waals surface area contributed by atoms with Crippen LogP contribution < -0.4 is 4.74 Å². The van der Waals surface area contributed by atoms with E-state index in [1.807, 2.05) is 32.0 Å². The Morgan fingerprint density at radius 3 is 2.65 bits per heavy atom. The maximum atomic E-state index is 10.8. The van der Waals surface area contributed by atoms with Crippen LogP contribution in [0.25, 0.3) is 0 Å². The van der Waals surface area contributed by atoms with E-state index in [4.69, 9.17) is 16.3 Å². The predicted octanol–water partition coefficient (Wildman–Crippen LogP) is 4.56. The topological polar surface area (TPSA) is 65.3 Å². The molecule has 0 radical (unpaired) electrons. The minimum absolute atomic E-state index is 0.0243. The van der Waals surface area contributed by atoms with E-state index < -0.39 is 4.92 Å². The summed E-state index contributed by atoms with van der Waals surface area (Å²) < 4.78 is 5.64. The highest BCUT2D eigenvalue weighted by Gasteiger charge is 2.14. The molecule has 1 aromatic heterocycles. The summed E-state index contributed by atoms with van der Waals surface area (Å²) in [7, 11) is 0. The van der Waals surface area contributed by atoms with Crippen LogP contribution in [0, 0.1) is 10.1 Å². The number of benzene rings is 1. The lowest BCUT2D eigenvalue weighted by Gasteiger charge is -2.12. The lowest BCUT2D eigenvalue weighted by molar-refractivity contribution is -0.385. The molecule has 0 bridgehead atoms. The highest BCUT2D eigenvalue weighted by molar-refractivity contribution is 6.29. The summed E-state index contributed by atoms with van der Waals surface area (Å²) in [5, 5.41) is 10.8. The third kappa shape index (κ3) is 3.24. The Kier molecular flexibility index (Phi) is 4.20. The van der Waals surface area contributed by atoms with Gasteiger partial charge in [0.05, 0.1) is 17.1 Å². The number of pyridine rings is 1. The van der Waals surface area contributed by atoms with E-state index in [0.29, 0.717) is 5.75 Å². The molecule has 0 aliphatic heterocycles. The zero-order valence-corrected chi connectivity index (χ0v) is 11.8. The van der Waals surface area contributed by atoms with Gasteiger partial charge in [0, 0.05) is 0 Å². The van der Waals surface area contributed by atoms with E-state index in [-0.39, 0.29) is 22.6 Å². The molecule has 0 aliphatic rings. The van der Waals surface area contributed by atoms with Gasteiger partial charge >= 0.3 is 0 Å². The average molecular weight is 293 g/mol. The summed E-state index contributed by atoms with van der Waals surface area (Å²) in [6, 6.07) is 9.92. The van der Waals surface area contributed by atoms with Crippen molar-refractivity contribution in [2.45, 2.75) is 19.8 Å². The molecule has 0 saturated carbocycles. The molecule has 0 spiro atoms. The molecule has 1 heterocycles. The predicted molar refractivity (Wildman–Crippen MR) is 76.5 cm³/mol. The average Bonchev–Trinajstić information content (AvgIpc) is 2.38. The Hall–Kier alpha value is -2.14. The zero-order chi connectivity index (χ0) is 14.7. The fraction of sp³-hybridized carbons (Fsp3) is 0.214. The summed E-state index contributed by atoms with van der Waals surface area (Å²) >= 11 is 5.77. The lowest BCUT2D eigenvalue weighted by atomic mass is 10.0. The van der Waals surface area contributed by atoms with Gasteiger partial charge in [-0.25, -0.2) is 4.98 Å². The van der Waals surface area contributed by atoms with Gasteiger partial charge in [-0.3, -0.25) is 10.1 Å². The van der Waals surface area contributed by atoms with E-state index in [9.17, 15) is 10.1 Å². The fourth-order valence-corrected chi connectivity index (χ4v) is 1.98. The Morgan fingerprint density at radius 2 is 2.00 bits per heavy atom. The van der Waals surface area contributed by atoms with Gasteiger partial charge in [0.2, 0.25) is 5.88 Å². The zero-order valence-electron chi connectivity index (χ0n) is 11.0. The van der Waals surface area contributed by atoms with Crippen LogP contribution in [0.15, 0.2) is 36.4 Å². The van der Waals surface area contributed by atoms with Gasteiger partial charge in [-0.1, -0.05) is 43.6 Å². The standard InChI is InChI=1S/C14H13ClN2O3/c1-9(2)11-5-3-4-6-12(11)20-14-8-10(17(18)19)7-13(15)16-14/h3-9H,1-2H3. The highest BCUT2D eigenvalue weighted by atomic mass is 35.5. The van der Waals surface area contributed by atoms with E-state index in [1.54, 1.807) is 6.07 Å². The first-order valence-corrected chi connectivity index (χ1v) is 6.44. The maximum absolute atomic E-state index is 10.8. The van der Waals surface area contributed by atoms with Crippen molar-refractivity contribution in [2.75, 3.05) is 0 Å². The second-order valence-corrected chi connectivity index (χ2v) is 4.93. The first kappa shape index (κ1) is 14.3. The number of halogens is 1. The number of hydrogen-bond acceptors (Lipinski definition) is 4. The number of nitrogens with zero attached hydrogens (tertiary/aromatic N) is 2. The van der Waals surface area contributed by atoms with Crippen molar-refractivity contribution in [1.82, 2.24) is 4.98 Å². The van der Waals surface area contributed by atoms with E-state index in [2.05, 4.69) is 4.98 Å². The number of aromatic nitrogens is 1. The summed E-state index contributed by atoms with van der Waals surface area (Å²) in [5.74, 6) is 0.990. The molecule has 0 fully saturated rings. The smallest absolute Gasteiger partial charge is 0.277 e. The van der Waals surface area contributed by atoms with Crippen molar-refractivity contribution in [3.05, 3.63) is 57.2 Å². The number of ether oxygens (including phenoxy) is 1. The van der Waals surface area contributed by atoms with Crippen molar-refractivity contribution in [2.24, 2.45) is 0 Å². The molecule has 0 amide bonds. The van der Waals surface area contributed by atoms with Gasteiger partial charge in [0.25, 0.3) is 5.69 Å². The second kappa shape index (κ2) is 5.88. The van der Waals surface area contributed by atoms with Gasteiger partial charge in [-0.05, 0) is 17.5 Å². The summed E-state index contributed by atoms with van der Waals surface area (Å²) in [6.07, 6.45) is 0. The Balaban J connectivity index is 2.37. The Labute approximate surface area is 121 Å². The molecule has 0 aliphatic carbocycles. The van der Waals surface area contributed by atoms with Gasteiger partial charge in [-0.2, -0.15) is 0 Å². The molecule has 104 valence electrons. The van der Waals surface area contributed by atoms with Crippen LogP contribution in [0.1, 0.15) is 25.3 Å². The number of nitro groups is 1. The molecular weight excluding hydrogens is 280 g/mol. The number of rotatable bonds is 4. The summed E-state index contributed by atoms with van der Waals surface area (Å²) in [6.45, 7) is 4.08. The van der Waals surface area contributed by atoms with Crippen LogP contribution in [0.5, 0.6) is 11.6 Å². The Bertz CT molecular complexity index is 644. The normalized spacial score (nSPS) is 10.6. The van der Waals surface area contributed by atoms with Gasteiger partial charge in [0.1, 0.15) is 10.9 Å². The van der Waals surface area contributed by atoms with Gasteiger partial charge in [0.15, 0.2) is 0 Å². The van der Waals surface area contributed by atoms with Gasteiger partial charge < -0.3 is 4.74 Å². The molecule has 5 nitrogen and oxygen atoms in total. The lowest BCUT2D eigenvalue weighted by Crippen LogP contribution is -1.96. The van der Waals surface area contributed by atoms with Crippen molar-refractivity contribution in [3.8, 4) is 11.6 Å². The van der Waals surface area contributed by atoms with E-state index >= 15 is 0 Å².